The van der Waals surface area contributed by atoms with Crippen LogP contribution in [0.2, 0.25) is 19.6 Å². The normalized spacial score (nSPS) is 24.3. The highest BCUT2D eigenvalue weighted by atomic mass is 28.3. The molecule has 0 saturated heterocycles. The molecule has 41 heavy (non-hydrogen) atoms. The van der Waals surface area contributed by atoms with E-state index >= 15 is 0 Å². The number of fused-ring (bicyclic) bond motifs is 6. The van der Waals surface area contributed by atoms with E-state index < -0.39 is 8.07 Å². The van der Waals surface area contributed by atoms with Crippen molar-refractivity contribution in [3.8, 4) is 11.3 Å². The lowest BCUT2D eigenvalue weighted by molar-refractivity contribution is -0.708. The van der Waals surface area contributed by atoms with Gasteiger partial charge in [-0.05, 0) is 60.6 Å². The Morgan fingerprint density at radius 3 is 2.59 bits per heavy atom. The van der Waals surface area contributed by atoms with Crippen LogP contribution < -0.4 is 15.1 Å². The number of allylic oxidation sites excluding steroid dienone is 3. The van der Waals surface area contributed by atoms with Gasteiger partial charge in [0, 0.05) is 28.9 Å². The van der Waals surface area contributed by atoms with Crippen LogP contribution in [0.15, 0.2) is 102 Å². The smallest absolute Gasteiger partial charge is 0.213 e. The van der Waals surface area contributed by atoms with Crippen LogP contribution in [0.25, 0.3) is 11.3 Å². The summed E-state index contributed by atoms with van der Waals surface area (Å²) < 4.78 is 8.46. The Labute approximate surface area is 247 Å². The molecule has 5 heteroatoms. The molecule has 1 aromatic carbocycles. The lowest BCUT2D eigenvalue weighted by Crippen LogP contribution is -2.54. The van der Waals surface area contributed by atoms with Crippen LogP contribution >= 0.6 is 0 Å². The molecular formula is C36H44N3OSi+. The lowest BCUT2D eigenvalue weighted by Gasteiger charge is -2.32. The summed E-state index contributed by atoms with van der Waals surface area (Å²) in [7, 11) is -1.63. The molecule has 1 aliphatic carbocycles. The number of hydrogen-bond acceptors (Lipinski definition) is 3. The van der Waals surface area contributed by atoms with Crippen LogP contribution in [-0.2, 0) is 11.2 Å². The predicted octanol–water partition coefficient (Wildman–Crippen LogP) is 7.39. The van der Waals surface area contributed by atoms with Crippen molar-refractivity contribution in [3.05, 3.63) is 109 Å². The van der Waals surface area contributed by atoms with Gasteiger partial charge < -0.3 is 10.1 Å². The van der Waals surface area contributed by atoms with Gasteiger partial charge in [0.05, 0.1) is 19.7 Å². The van der Waals surface area contributed by atoms with Crippen molar-refractivity contribution in [1.29, 1.82) is 0 Å². The number of hydrogen-bond donors (Lipinski definition) is 1. The summed E-state index contributed by atoms with van der Waals surface area (Å²) in [5, 5.41) is 4.89. The Hall–Kier alpha value is -3.44. The first kappa shape index (κ1) is 27.7. The van der Waals surface area contributed by atoms with Gasteiger partial charge in [0.25, 0.3) is 0 Å². The molecule has 4 nitrogen and oxygen atoms in total. The van der Waals surface area contributed by atoms with Gasteiger partial charge in [-0.25, -0.2) is 4.99 Å². The molecule has 212 valence electrons. The second-order valence-corrected chi connectivity index (χ2v) is 18.3. The summed E-state index contributed by atoms with van der Waals surface area (Å²) in [6.45, 7) is 25.1. The van der Waals surface area contributed by atoms with E-state index in [9.17, 15) is 0 Å². The largest absolute Gasteiger partial charge is 0.442 e. The number of ether oxygens (including phenoxy) is 1. The molecule has 0 spiro atoms. The minimum atomic E-state index is -1.63. The molecule has 2 aromatic rings. The Balaban J connectivity index is 1.54. The maximum atomic E-state index is 5.92. The van der Waals surface area contributed by atoms with E-state index in [1.165, 1.54) is 54.5 Å². The van der Waals surface area contributed by atoms with Gasteiger partial charge >= 0.3 is 0 Å². The van der Waals surface area contributed by atoms with E-state index in [2.05, 4.69) is 92.4 Å². The maximum Gasteiger partial charge on any atom is 0.213 e. The molecule has 1 N–H and O–H groups in total. The second-order valence-electron chi connectivity index (χ2n) is 13.3. The Morgan fingerprint density at radius 1 is 1.10 bits per heavy atom. The highest BCUT2D eigenvalue weighted by molar-refractivity contribution is 6.89. The third-order valence-electron chi connectivity index (χ3n) is 9.50. The third-order valence-corrected chi connectivity index (χ3v) is 11.6. The standard InChI is InChI=1S/C36H44N3OSi/c1-8-32-35-24(3)40-25(4)37-21-27(35)17-18-31-29-15-11-12-16-30(29)33-20-28(19-26-13-9-10-14-26)34(41(5,6)7)22-39(33)36(31)23(2)38-32/h8,11-12,15-16,20,22,26,31,36-37H,1-4,9-10,13-14,17-19,21H2,5-7H3/q+1/b38-32-. The third kappa shape index (κ3) is 5.10. The molecule has 4 heterocycles. The van der Waals surface area contributed by atoms with Crippen LogP contribution in [0.3, 0.4) is 0 Å². The predicted molar refractivity (Wildman–Crippen MR) is 173 cm³/mol. The van der Waals surface area contributed by atoms with Gasteiger partial charge in [-0.2, -0.15) is 4.57 Å². The number of aromatic nitrogens is 1. The van der Waals surface area contributed by atoms with E-state index in [1.807, 2.05) is 6.08 Å². The van der Waals surface area contributed by atoms with Crippen molar-refractivity contribution in [2.24, 2.45) is 10.9 Å². The van der Waals surface area contributed by atoms with Crippen LogP contribution in [-0.4, -0.2) is 20.3 Å². The first-order chi connectivity index (χ1) is 19.7. The summed E-state index contributed by atoms with van der Waals surface area (Å²) in [5.41, 5.74) is 9.39. The number of pyridine rings is 1. The summed E-state index contributed by atoms with van der Waals surface area (Å²) >= 11 is 0. The van der Waals surface area contributed by atoms with Gasteiger partial charge in [0.15, 0.2) is 12.1 Å². The Kier molecular flexibility index (Phi) is 7.27. The Bertz CT molecular complexity index is 1520. The minimum absolute atomic E-state index is 0.0196. The van der Waals surface area contributed by atoms with Crippen molar-refractivity contribution in [2.45, 2.75) is 76.5 Å². The van der Waals surface area contributed by atoms with Crippen molar-refractivity contribution < 1.29 is 9.30 Å². The van der Waals surface area contributed by atoms with E-state index in [-0.39, 0.29) is 12.0 Å². The number of aliphatic imine (C=N–C) groups is 1. The SMILES string of the molecule is C=C/C1=N/C(=C)C2C(CCC3=C1C(=C)OC(=C)NC3)c1ccccc1-c1cc(CC3CCCC3)c([Si](C)(C)C)c[n+]12. The van der Waals surface area contributed by atoms with Gasteiger partial charge in [0.1, 0.15) is 11.5 Å². The topological polar surface area (TPSA) is 37.5 Å². The van der Waals surface area contributed by atoms with Crippen molar-refractivity contribution in [2.75, 3.05) is 6.54 Å². The Morgan fingerprint density at radius 2 is 1.85 bits per heavy atom. The summed E-state index contributed by atoms with van der Waals surface area (Å²) in [5.74, 6) is 2.13. The fraction of sp³-hybridized carbons (Fsp3) is 0.389. The highest BCUT2D eigenvalue weighted by Crippen LogP contribution is 2.45. The molecule has 0 bridgehead atoms. The number of rotatable bonds is 4. The molecule has 1 saturated carbocycles. The lowest BCUT2D eigenvalue weighted by atomic mass is 9.78. The first-order valence-electron chi connectivity index (χ1n) is 15.3. The zero-order chi connectivity index (χ0) is 28.9. The number of nitrogens with zero attached hydrogens (tertiary/aromatic N) is 2. The fourth-order valence-electron chi connectivity index (χ4n) is 7.57. The van der Waals surface area contributed by atoms with Crippen LogP contribution in [0.4, 0.5) is 0 Å². The van der Waals surface area contributed by atoms with Gasteiger partial charge in [-0.3, -0.25) is 0 Å². The molecular weight excluding hydrogens is 519 g/mol. The molecule has 1 aromatic heterocycles. The minimum Gasteiger partial charge on any atom is -0.442 e. The summed E-state index contributed by atoms with van der Waals surface area (Å²) in [6.07, 6.45) is 12.9. The van der Waals surface area contributed by atoms with Crippen molar-refractivity contribution in [1.82, 2.24) is 5.32 Å². The molecule has 4 aliphatic rings. The first-order valence-corrected chi connectivity index (χ1v) is 18.8. The van der Waals surface area contributed by atoms with Crippen LogP contribution in [0.1, 0.15) is 61.6 Å². The number of nitrogens with one attached hydrogen (secondary N) is 1. The second kappa shape index (κ2) is 10.8. The summed E-state index contributed by atoms with van der Waals surface area (Å²) in [4.78, 5) is 5.21. The van der Waals surface area contributed by atoms with Gasteiger partial charge in [0.2, 0.25) is 11.7 Å². The molecule has 0 radical (unpaired) electrons. The van der Waals surface area contributed by atoms with E-state index in [0.29, 0.717) is 18.2 Å². The van der Waals surface area contributed by atoms with E-state index in [1.54, 1.807) is 10.8 Å². The van der Waals surface area contributed by atoms with Crippen molar-refractivity contribution >= 4 is 19.0 Å². The van der Waals surface area contributed by atoms with Crippen molar-refractivity contribution in [3.63, 3.8) is 0 Å². The molecule has 2 unspecified atom stereocenters. The maximum absolute atomic E-state index is 5.92. The van der Waals surface area contributed by atoms with Crippen LogP contribution in [0.5, 0.6) is 0 Å². The zero-order valence-electron chi connectivity index (χ0n) is 25.1. The van der Waals surface area contributed by atoms with Gasteiger partial charge in [-0.1, -0.05) is 83.3 Å². The molecule has 2 atom stereocenters. The fourth-order valence-corrected chi connectivity index (χ4v) is 9.23. The summed E-state index contributed by atoms with van der Waals surface area (Å²) in [6, 6.07) is 11.6. The highest BCUT2D eigenvalue weighted by Gasteiger charge is 2.44. The monoisotopic (exact) mass is 562 g/mol. The molecule has 6 rings (SSSR count). The molecule has 3 aliphatic heterocycles. The average molecular weight is 563 g/mol. The molecule has 1 fully saturated rings. The van der Waals surface area contributed by atoms with Gasteiger partial charge in [-0.15, -0.1) is 0 Å². The zero-order valence-corrected chi connectivity index (χ0v) is 26.1. The quantitative estimate of drug-likeness (QED) is 0.312. The van der Waals surface area contributed by atoms with E-state index in [4.69, 9.17) is 9.73 Å². The average Bonchev–Trinajstić information content (AvgIpc) is 3.41. The number of benzene rings is 1. The van der Waals surface area contributed by atoms with Crippen LogP contribution in [0, 0.1) is 5.92 Å². The molecule has 0 amide bonds. The van der Waals surface area contributed by atoms with E-state index in [0.717, 1.165) is 35.7 Å².